The van der Waals surface area contributed by atoms with Crippen molar-refractivity contribution in [3.05, 3.63) is 65.2 Å². The summed E-state index contributed by atoms with van der Waals surface area (Å²) in [6, 6.07) is 8.97. The van der Waals surface area contributed by atoms with Gasteiger partial charge in [-0.2, -0.15) is 0 Å². The lowest BCUT2D eigenvalue weighted by atomic mass is 10.3. The molecule has 128 valence electrons. The lowest BCUT2D eigenvalue weighted by Gasteiger charge is -1.90. The van der Waals surface area contributed by atoms with Gasteiger partial charge in [-0.1, -0.05) is 0 Å². The van der Waals surface area contributed by atoms with Crippen LogP contribution in [-0.4, -0.2) is 19.9 Å². The van der Waals surface area contributed by atoms with Gasteiger partial charge in [0.15, 0.2) is 17.5 Å². The van der Waals surface area contributed by atoms with Crippen LogP contribution in [0.5, 0.6) is 0 Å². The summed E-state index contributed by atoms with van der Waals surface area (Å²) in [7, 11) is 0. The second kappa shape index (κ2) is 5.26. The highest BCUT2D eigenvalue weighted by atomic mass is 19.1. The maximum Gasteiger partial charge on any atom is 0.172 e. The second-order valence-electron chi connectivity index (χ2n) is 6.01. The van der Waals surface area contributed by atoms with Crippen LogP contribution >= 0.6 is 0 Å². The number of hydrogen-bond acceptors (Lipinski definition) is 1. The first-order valence-corrected chi connectivity index (χ1v) is 7.91. The predicted molar refractivity (Wildman–Crippen MR) is 95.1 cm³/mol. The molecule has 4 aromatic heterocycles. The van der Waals surface area contributed by atoms with Gasteiger partial charge >= 0.3 is 0 Å². The van der Waals surface area contributed by atoms with E-state index in [1.54, 1.807) is 18.2 Å². The van der Waals surface area contributed by atoms with Gasteiger partial charge in [0.25, 0.3) is 0 Å². The average Bonchev–Trinajstić information content (AvgIpc) is 3.45. The van der Waals surface area contributed by atoms with Gasteiger partial charge in [-0.3, -0.25) is 0 Å². The van der Waals surface area contributed by atoms with Crippen LogP contribution in [0.25, 0.3) is 45.3 Å². The number of aromatic amines is 3. The Kier molecular flexibility index (Phi) is 3.00. The van der Waals surface area contributed by atoms with E-state index in [1.807, 2.05) is 0 Å². The number of hydrogen-bond donors (Lipinski definition) is 3. The van der Waals surface area contributed by atoms with Crippen LogP contribution in [-0.2, 0) is 0 Å². The summed E-state index contributed by atoms with van der Waals surface area (Å²) in [5.41, 5.74) is 1.82. The average molecular weight is 352 g/mol. The molecule has 0 aromatic carbocycles. The highest BCUT2D eigenvalue weighted by Crippen LogP contribution is 2.23. The topological polar surface area (TPSA) is 60.3 Å². The lowest BCUT2D eigenvalue weighted by Crippen LogP contribution is -1.83. The number of nitrogens with zero attached hydrogens (tertiary/aromatic N) is 1. The molecule has 0 fully saturated rings. The number of fused-ring (bicyclic) bond motifs is 9. The fourth-order valence-corrected chi connectivity index (χ4v) is 3.04. The van der Waals surface area contributed by atoms with E-state index < -0.39 is 17.5 Å². The van der Waals surface area contributed by atoms with E-state index in [0.717, 1.165) is 0 Å². The first-order valence-electron chi connectivity index (χ1n) is 7.91. The third-order valence-electron chi connectivity index (χ3n) is 4.38. The fraction of sp³-hybridized carbons (Fsp3) is 0. The molecule has 1 aliphatic rings. The van der Waals surface area contributed by atoms with Crippen LogP contribution in [0.1, 0.15) is 11.4 Å². The zero-order valence-electron chi connectivity index (χ0n) is 13.2. The molecule has 5 rings (SSSR count). The largest absolute Gasteiger partial charge is 0.351 e. The Bertz CT molecular complexity index is 1320. The molecule has 0 spiro atoms. The van der Waals surface area contributed by atoms with Crippen LogP contribution in [0.15, 0.2) is 36.4 Å². The highest BCUT2D eigenvalue weighted by Gasteiger charge is 2.11. The van der Waals surface area contributed by atoms with Gasteiger partial charge in [0.1, 0.15) is 5.69 Å². The van der Waals surface area contributed by atoms with Crippen LogP contribution < -0.4 is 0 Å². The molecule has 3 N–H and O–H groups in total. The Morgan fingerprint density at radius 1 is 0.500 bits per heavy atom. The molecular formula is C19H11F3N4. The van der Waals surface area contributed by atoms with Gasteiger partial charge in [0.05, 0.1) is 38.8 Å². The van der Waals surface area contributed by atoms with E-state index in [2.05, 4.69) is 19.9 Å². The molecule has 0 unspecified atom stereocenters. The molecule has 0 saturated carbocycles. The van der Waals surface area contributed by atoms with Crippen molar-refractivity contribution in [2.45, 2.75) is 0 Å². The standard InChI is InChI=1S/C19H11F3N4/c20-17-11-3-1-9(23-11)10-2-4-12(24-10)18(21)14-6-8-16(26-14)19(22)15-7-5-13(17)25-15/h1-8,23,25-26H. The summed E-state index contributed by atoms with van der Waals surface area (Å²) in [4.78, 5) is 12.6. The van der Waals surface area contributed by atoms with Crippen molar-refractivity contribution in [1.29, 1.82) is 0 Å². The number of halogens is 3. The van der Waals surface area contributed by atoms with Crippen molar-refractivity contribution in [2.75, 3.05) is 0 Å². The monoisotopic (exact) mass is 352 g/mol. The van der Waals surface area contributed by atoms with Crippen molar-refractivity contribution < 1.29 is 13.2 Å². The van der Waals surface area contributed by atoms with Crippen LogP contribution in [0.3, 0.4) is 0 Å². The molecular weight excluding hydrogens is 341 g/mol. The van der Waals surface area contributed by atoms with Gasteiger partial charge in [-0.05, 0) is 48.6 Å². The van der Waals surface area contributed by atoms with E-state index in [-0.39, 0.29) is 33.3 Å². The third kappa shape index (κ3) is 2.13. The van der Waals surface area contributed by atoms with E-state index in [1.165, 1.54) is 30.3 Å². The van der Waals surface area contributed by atoms with E-state index in [9.17, 15) is 13.2 Å². The Labute approximate surface area is 144 Å². The number of aromatic nitrogens is 4. The van der Waals surface area contributed by atoms with Gasteiger partial charge in [0.2, 0.25) is 0 Å². The molecule has 7 heteroatoms. The first-order chi connectivity index (χ1) is 12.6. The molecule has 4 nitrogen and oxygen atoms in total. The van der Waals surface area contributed by atoms with Crippen molar-refractivity contribution in [3.8, 4) is 0 Å². The fourth-order valence-electron chi connectivity index (χ4n) is 3.04. The molecule has 4 aromatic rings. The van der Waals surface area contributed by atoms with Gasteiger partial charge in [0, 0.05) is 0 Å². The zero-order chi connectivity index (χ0) is 17.8. The minimum Gasteiger partial charge on any atom is -0.351 e. The van der Waals surface area contributed by atoms with Gasteiger partial charge < -0.3 is 15.0 Å². The quantitative estimate of drug-likeness (QED) is 0.356. The van der Waals surface area contributed by atoms with Crippen LogP contribution in [0.2, 0.25) is 0 Å². The second-order valence-corrected chi connectivity index (χ2v) is 6.01. The number of H-pyrrole nitrogens is 3. The Balaban J connectivity index is 2.01. The van der Waals surface area contributed by atoms with Crippen molar-refractivity contribution in [3.63, 3.8) is 0 Å². The molecule has 0 amide bonds. The molecule has 8 bridgehead atoms. The first kappa shape index (κ1) is 14.8. The number of rotatable bonds is 0. The summed E-state index contributed by atoms with van der Waals surface area (Å²) in [6.07, 6.45) is 3.16. The maximum atomic E-state index is 14.7. The minimum absolute atomic E-state index is 0.0900. The van der Waals surface area contributed by atoms with Gasteiger partial charge in [-0.15, -0.1) is 0 Å². The molecule has 0 aliphatic carbocycles. The Hall–Kier alpha value is -3.48. The number of nitrogens with one attached hydrogen (secondary N) is 3. The summed E-state index contributed by atoms with van der Waals surface area (Å²) < 4.78 is 44.1. The Morgan fingerprint density at radius 3 is 1.42 bits per heavy atom. The molecule has 26 heavy (non-hydrogen) atoms. The highest BCUT2D eigenvalue weighted by molar-refractivity contribution is 5.82. The van der Waals surface area contributed by atoms with Gasteiger partial charge in [-0.25, -0.2) is 18.2 Å². The van der Waals surface area contributed by atoms with Crippen LogP contribution in [0, 0.1) is 17.5 Å². The Morgan fingerprint density at radius 2 is 0.885 bits per heavy atom. The molecule has 0 radical (unpaired) electrons. The third-order valence-corrected chi connectivity index (χ3v) is 4.38. The van der Waals surface area contributed by atoms with Crippen molar-refractivity contribution in [2.24, 2.45) is 0 Å². The molecule has 0 saturated heterocycles. The molecule has 5 heterocycles. The van der Waals surface area contributed by atoms with Crippen LogP contribution in [0.4, 0.5) is 13.2 Å². The smallest absolute Gasteiger partial charge is 0.172 e. The van der Waals surface area contributed by atoms with E-state index >= 15 is 0 Å². The zero-order valence-corrected chi connectivity index (χ0v) is 13.2. The predicted octanol–water partition coefficient (Wildman–Crippen LogP) is 5.11. The summed E-state index contributed by atoms with van der Waals surface area (Å²) in [6.45, 7) is 0. The lowest BCUT2D eigenvalue weighted by molar-refractivity contribution is 0.628. The molecule has 0 atom stereocenters. The summed E-state index contributed by atoms with van der Waals surface area (Å²) >= 11 is 0. The SMILES string of the molecule is Fc1c2nc(c3ccc([nH]3)c(F)c3ccc([nH]3)c(F)c3ccc1[nH]3)C=C2. The van der Waals surface area contributed by atoms with Crippen molar-refractivity contribution in [1.82, 2.24) is 19.9 Å². The van der Waals surface area contributed by atoms with E-state index in [0.29, 0.717) is 11.2 Å². The van der Waals surface area contributed by atoms with E-state index in [4.69, 9.17) is 0 Å². The minimum atomic E-state index is -0.638. The maximum absolute atomic E-state index is 14.7. The summed E-state index contributed by atoms with van der Waals surface area (Å²) in [5.74, 6) is -1.79. The molecule has 1 aliphatic heterocycles. The normalized spacial score (nSPS) is 12.3. The van der Waals surface area contributed by atoms with Crippen molar-refractivity contribution >= 4 is 45.3 Å². The summed E-state index contributed by atoms with van der Waals surface area (Å²) in [5, 5.41) is 0.